The third-order valence-corrected chi connectivity index (χ3v) is 3.24. The van der Waals surface area contributed by atoms with Crippen LogP contribution in [-0.2, 0) is 4.79 Å². The van der Waals surface area contributed by atoms with E-state index in [1.807, 2.05) is 0 Å². The molecule has 22 heavy (non-hydrogen) atoms. The van der Waals surface area contributed by atoms with E-state index in [4.69, 9.17) is 21.2 Å². The summed E-state index contributed by atoms with van der Waals surface area (Å²) in [6.45, 7) is 5.59. The predicted octanol–water partition coefficient (Wildman–Crippen LogP) is 3.47. The van der Waals surface area contributed by atoms with Gasteiger partial charge in [0.25, 0.3) is 5.89 Å². The number of aliphatic carboxylic acids is 1. The quantitative estimate of drug-likeness (QED) is 0.647. The molecule has 2 heterocycles. The minimum Gasteiger partial charge on any atom is -0.481 e. The van der Waals surface area contributed by atoms with Crippen molar-refractivity contribution in [2.24, 2.45) is 5.92 Å². The lowest BCUT2D eigenvalue weighted by atomic mass is 9.99. The van der Waals surface area contributed by atoms with Gasteiger partial charge in [-0.05, 0) is 31.1 Å². The maximum absolute atomic E-state index is 11.1. The first kappa shape index (κ1) is 15.9. The van der Waals surface area contributed by atoms with Gasteiger partial charge in [0, 0.05) is 6.20 Å². The maximum Gasteiger partial charge on any atom is 0.310 e. The highest BCUT2D eigenvalue weighted by Gasteiger charge is 2.19. The average molecular weight is 320 g/mol. The Morgan fingerprint density at radius 3 is 3.00 bits per heavy atom. The lowest BCUT2D eigenvalue weighted by Gasteiger charge is -2.06. The molecule has 1 N–H and O–H groups in total. The van der Waals surface area contributed by atoms with E-state index in [1.54, 1.807) is 37.4 Å². The lowest BCUT2D eigenvalue weighted by molar-refractivity contribution is -0.139. The van der Waals surface area contributed by atoms with Gasteiger partial charge in [0.05, 0.1) is 11.5 Å². The number of pyridine rings is 1. The monoisotopic (exact) mass is 319 g/mol. The van der Waals surface area contributed by atoms with E-state index in [-0.39, 0.29) is 23.3 Å². The minimum absolute atomic E-state index is 0.194. The molecule has 0 aromatic carbocycles. The highest BCUT2D eigenvalue weighted by Crippen LogP contribution is 2.26. The largest absolute Gasteiger partial charge is 0.481 e. The zero-order valence-electron chi connectivity index (χ0n) is 11.9. The van der Waals surface area contributed by atoms with Crippen LogP contribution in [0.25, 0.3) is 17.0 Å². The summed E-state index contributed by atoms with van der Waals surface area (Å²) >= 11 is 5.97. The van der Waals surface area contributed by atoms with Crippen LogP contribution in [0.3, 0.4) is 0 Å². The highest BCUT2D eigenvalue weighted by molar-refractivity contribution is 6.31. The summed E-state index contributed by atoms with van der Waals surface area (Å²) in [7, 11) is 0. The molecule has 0 aliphatic rings. The molecule has 0 spiro atoms. The molecule has 0 fully saturated rings. The molecule has 0 saturated heterocycles. The summed E-state index contributed by atoms with van der Waals surface area (Å²) in [5, 5.41) is 13.2. The number of aromatic nitrogens is 3. The van der Waals surface area contributed by atoms with E-state index >= 15 is 0 Å². The molecule has 0 aliphatic carbocycles. The van der Waals surface area contributed by atoms with Crippen LogP contribution in [0.5, 0.6) is 0 Å². The van der Waals surface area contributed by atoms with Crippen molar-refractivity contribution in [2.45, 2.75) is 13.3 Å². The van der Waals surface area contributed by atoms with Crippen LogP contribution < -0.4 is 0 Å². The summed E-state index contributed by atoms with van der Waals surface area (Å²) in [5.74, 6) is -1.14. The molecule has 114 valence electrons. The molecule has 0 aliphatic heterocycles. The van der Waals surface area contributed by atoms with E-state index < -0.39 is 11.9 Å². The fraction of sp³-hybridized carbons (Fsp3) is 0.200. The third-order valence-electron chi connectivity index (χ3n) is 2.94. The van der Waals surface area contributed by atoms with Crippen LogP contribution >= 0.6 is 11.6 Å². The van der Waals surface area contributed by atoms with E-state index in [9.17, 15) is 4.79 Å². The number of halogens is 1. The number of hydrogen-bond acceptors (Lipinski definition) is 5. The van der Waals surface area contributed by atoms with Gasteiger partial charge in [-0.25, -0.2) is 4.98 Å². The van der Waals surface area contributed by atoms with E-state index in [0.717, 1.165) is 0 Å². The van der Waals surface area contributed by atoms with Gasteiger partial charge in [-0.3, -0.25) is 4.79 Å². The standard InChI is InChI=1S/C15H14ClN3O3/c1-3-5-10(15(20)21)8-9(2)13-18-14(22-19-13)11-6-4-7-17-12(11)16/h3-7,10H,2,8H2,1H3,(H,20,21)/b5-3-. The molecule has 6 nitrogen and oxygen atoms in total. The lowest BCUT2D eigenvalue weighted by Crippen LogP contribution is -2.11. The zero-order valence-corrected chi connectivity index (χ0v) is 12.6. The highest BCUT2D eigenvalue weighted by atomic mass is 35.5. The van der Waals surface area contributed by atoms with Crippen molar-refractivity contribution in [3.8, 4) is 11.5 Å². The second kappa shape index (κ2) is 7.00. The molecule has 0 amide bonds. The van der Waals surface area contributed by atoms with Crippen molar-refractivity contribution in [3.05, 3.63) is 48.0 Å². The molecule has 1 atom stereocenters. The van der Waals surface area contributed by atoms with Crippen molar-refractivity contribution < 1.29 is 14.4 Å². The summed E-state index contributed by atoms with van der Waals surface area (Å²) in [4.78, 5) is 19.3. The first-order valence-electron chi connectivity index (χ1n) is 6.51. The summed E-state index contributed by atoms with van der Waals surface area (Å²) in [5.41, 5.74) is 0.986. The van der Waals surface area contributed by atoms with Gasteiger partial charge in [0.2, 0.25) is 0 Å². The molecule has 7 heteroatoms. The molecule has 1 unspecified atom stereocenters. The fourth-order valence-electron chi connectivity index (χ4n) is 1.85. The van der Waals surface area contributed by atoms with Crippen molar-refractivity contribution in [1.29, 1.82) is 0 Å². The first-order valence-corrected chi connectivity index (χ1v) is 6.89. The topological polar surface area (TPSA) is 89.1 Å². The molecule has 2 aromatic rings. The molecule has 2 rings (SSSR count). The van der Waals surface area contributed by atoms with Gasteiger partial charge in [0.1, 0.15) is 5.15 Å². The van der Waals surface area contributed by atoms with E-state index in [1.165, 1.54) is 0 Å². The Morgan fingerprint density at radius 1 is 1.59 bits per heavy atom. The van der Waals surface area contributed by atoms with Crippen LogP contribution in [0, 0.1) is 5.92 Å². The second-order valence-corrected chi connectivity index (χ2v) is 4.90. The number of carbonyl (C=O) groups is 1. The third kappa shape index (κ3) is 3.59. The predicted molar refractivity (Wildman–Crippen MR) is 82.1 cm³/mol. The van der Waals surface area contributed by atoms with Gasteiger partial charge in [0.15, 0.2) is 5.82 Å². The summed E-state index contributed by atoms with van der Waals surface area (Å²) in [6.07, 6.45) is 5.02. The Labute approximate surface area is 132 Å². The molecule has 0 radical (unpaired) electrons. The number of rotatable bonds is 6. The Balaban J connectivity index is 2.19. The van der Waals surface area contributed by atoms with Crippen LogP contribution in [0.1, 0.15) is 19.2 Å². The number of nitrogens with zero attached hydrogens (tertiary/aromatic N) is 3. The number of carboxylic acid groups (broad SMARTS) is 1. The average Bonchev–Trinajstić information content (AvgIpc) is 2.96. The first-order chi connectivity index (χ1) is 10.5. The summed E-state index contributed by atoms with van der Waals surface area (Å²) in [6, 6.07) is 3.40. The van der Waals surface area contributed by atoms with Crippen molar-refractivity contribution in [1.82, 2.24) is 15.1 Å². The normalized spacial score (nSPS) is 12.5. The Hall–Kier alpha value is -2.47. The number of carboxylic acids is 1. The minimum atomic E-state index is -0.932. The van der Waals surface area contributed by atoms with Gasteiger partial charge < -0.3 is 9.63 Å². The van der Waals surface area contributed by atoms with E-state index in [0.29, 0.717) is 11.1 Å². The van der Waals surface area contributed by atoms with Gasteiger partial charge in [-0.2, -0.15) is 4.98 Å². The SMILES string of the molecule is C=C(CC(/C=C\C)C(=O)O)c1noc(-c2cccnc2Cl)n1. The summed E-state index contributed by atoms with van der Waals surface area (Å²) < 4.78 is 5.14. The van der Waals surface area contributed by atoms with Crippen molar-refractivity contribution >= 4 is 23.1 Å². The zero-order chi connectivity index (χ0) is 16.1. The Bertz CT molecular complexity index is 724. The molecule has 0 saturated carbocycles. The van der Waals surface area contributed by atoms with Crippen LogP contribution in [0.4, 0.5) is 0 Å². The molecule has 2 aromatic heterocycles. The van der Waals surface area contributed by atoms with E-state index in [2.05, 4.69) is 21.7 Å². The van der Waals surface area contributed by atoms with Crippen LogP contribution in [0.15, 0.2) is 41.6 Å². The maximum atomic E-state index is 11.1. The molecular formula is C15H14ClN3O3. The smallest absolute Gasteiger partial charge is 0.310 e. The van der Waals surface area contributed by atoms with Crippen molar-refractivity contribution in [3.63, 3.8) is 0 Å². The van der Waals surface area contributed by atoms with Crippen molar-refractivity contribution in [2.75, 3.05) is 0 Å². The van der Waals surface area contributed by atoms with Crippen LogP contribution in [-0.4, -0.2) is 26.2 Å². The number of hydrogen-bond donors (Lipinski definition) is 1. The number of allylic oxidation sites excluding steroid dienone is 2. The molecule has 0 bridgehead atoms. The second-order valence-electron chi connectivity index (χ2n) is 4.54. The van der Waals surface area contributed by atoms with Gasteiger partial charge in [-0.15, -0.1) is 0 Å². The fourth-order valence-corrected chi connectivity index (χ4v) is 2.05. The van der Waals surface area contributed by atoms with Gasteiger partial charge >= 0.3 is 5.97 Å². The Kier molecular flexibility index (Phi) is 5.06. The molecular weight excluding hydrogens is 306 g/mol. The Morgan fingerprint density at radius 2 is 2.36 bits per heavy atom. The van der Waals surface area contributed by atoms with Gasteiger partial charge in [-0.1, -0.05) is 35.5 Å². The van der Waals surface area contributed by atoms with Crippen LogP contribution in [0.2, 0.25) is 5.15 Å².